The number of primary sulfonamides is 1. The fourth-order valence-corrected chi connectivity index (χ4v) is 4.21. The van der Waals surface area contributed by atoms with Crippen LogP contribution in [0.15, 0.2) is 53.4 Å². The van der Waals surface area contributed by atoms with Crippen LogP contribution in [-0.4, -0.2) is 19.3 Å². The first-order valence-electron chi connectivity index (χ1n) is 8.92. The Bertz CT molecular complexity index is 1140. The number of halogens is 1. The topological polar surface area (TPSA) is 111 Å². The summed E-state index contributed by atoms with van der Waals surface area (Å²) < 4.78 is 28.4. The number of ether oxygens (including phenoxy) is 1. The molecule has 0 spiro atoms. The Hall–Kier alpha value is -2.46. The molecule has 0 fully saturated rings. The van der Waals surface area contributed by atoms with Crippen molar-refractivity contribution in [2.45, 2.75) is 31.4 Å². The van der Waals surface area contributed by atoms with Gasteiger partial charge in [0.15, 0.2) is 0 Å². The SMILES string of the molecule is Cc1nc(COc2ccc(Cl)cc2)sc1C(=O)N[C@H](C)c1ccc(S(N)(=O)=O)cc1. The van der Waals surface area contributed by atoms with E-state index >= 15 is 0 Å². The van der Waals surface area contributed by atoms with Gasteiger partial charge in [-0.25, -0.2) is 18.5 Å². The molecular weight excluding hydrogens is 446 g/mol. The third-order valence-corrected chi connectivity index (χ3v) is 6.59. The number of sulfonamides is 1. The van der Waals surface area contributed by atoms with Gasteiger partial charge in [-0.2, -0.15) is 0 Å². The number of nitrogens with zero attached hydrogens (tertiary/aromatic N) is 1. The predicted molar refractivity (Wildman–Crippen MR) is 116 cm³/mol. The molecule has 0 saturated heterocycles. The molecule has 0 unspecified atom stereocenters. The second-order valence-electron chi connectivity index (χ2n) is 6.57. The van der Waals surface area contributed by atoms with Crippen molar-refractivity contribution in [2.75, 3.05) is 0 Å². The minimum Gasteiger partial charge on any atom is -0.486 e. The van der Waals surface area contributed by atoms with Crippen LogP contribution in [0.25, 0.3) is 0 Å². The van der Waals surface area contributed by atoms with Crippen LogP contribution in [0, 0.1) is 6.92 Å². The number of hydrogen-bond donors (Lipinski definition) is 2. The van der Waals surface area contributed by atoms with Gasteiger partial charge in [0.25, 0.3) is 5.91 Å². The number of carbonyl (C=O) groups excluding carboxylic acids is 1. The molecule has 158 valence electrons. The van der Waals surface area contributed by atoms with Crippen LogP contribution < -0.4 is 15.2 Å². The molecule has 7 nitrogen and oxygen atoms in total. The van der Waals surface area contributed by atoms with E-state index in [-0.39, 0.29) is 23.5 Å². The van der Waals surface area contributed by atoms with Crippen molar-refractivity contribution in [2.24, 2.45) is 5.14 Å². The van der Waals surface area contributed by atoms with E-state index < -0.39 is 10.0 Å². The summed E-state index contributed by atoms with van der Waals surface area (Å²) in [5, 5.41) is 9.31. The number of benzene rings is 2. The molecule has 0 saturated carbocycles. The number of rotatable bonds is 7. The maximum Gasteiger partial charge on any atom is 0.263 e. The molecule has 0 radical (unpaired) electrons. The fraction of sp³-hybridized carbons (Fsp3) is 0.200. The van der Waals surface area contributed by atoms with Gasteiger partial charge in [0.1, 0.15) is 22.2 Å². The van der Waals surface area contributed by atoms with Crippen LogP contribution in [0.2, 0.25) is 5.02 Å². The molecule has 1 atom stereocenters. The van der Waals surface area contributed by atoms with E-state index in [9.17, 15) is 13.2 Å². The molecule has 0 aliphatic heterocycles. The minimum absolute atomic E-state index is 0.0217. The summed E-state index contributed by atoms with van der Waals surface area (Å²) in [7, 11) is -3.75. The van der Waals surface area contributed by atoms with Crippen LogP contribution in [0.3, 0.4) is 0 Å². The second-order valence-corrected chi connectivity index (χ2v) is 9.66. The lowest BCUT2D eigenvalue weighted by Gasteiger charge is -2.14. The summed E-state index contributed by atoms with van der Waals surface area (Å²) in [6.45, 7) is 3.82. The monoisotopic (exact) mass is 465 g/mol. The number of carbonyl (C=O) groups is 1. The largest absolute Gasteiger partial charge is 0.486 e. The van der Waals surface area contributed by atoms with E-state index in [1.54, 1.807) is 43.3 Å². The van der Waals surface area contributed by atoms with Crippen LogP contribution >= 0.6 is 22.9 Å². The second kappa shape index (κ2) is 9.13. The van der Waals surface area contributed by atoms with Gasteiger partial charge in [-0.3, -0.25) is 4.79 Å². The molecule has 1 amide bonds. The van der Waals surface area contributed by atoms with E-state index in [2.05, 4.69) is 10.3 Å². The standard InChI is InChI=1S/C20H20ClN3O4S2/c1-12(14-3-9-17(10-4-14)30(22,26)27)24-20(25)19-13(2)23-18(29-19)11-28-16-7-5-15(21)6-8-16/h3-10,12H,11H2,1-2H3,(H,24,25)(H2,22,26,27)/t12-/m1/s1. The first kappa shape index (κ1) is 22.2. The molecule has 3 N–H and O–H groups in total. The number of thiazole rings is 1. The molecule has 1 heterocycles. The van der Waals surface area contributed by atoms with Gasteiger partial charge in [0.2, 0.25) is 10.0 Å². The van der Waals surface area contributed by atoms with E-state index in [1.165, 1.54) is 23.5 Å². The molecule has 30 heavy (non-hydrogen) atoms. The van der Waals surface area contributed by atoms with Gasteiger partial charge < -0.3 is 10.1 Å². The maximum absolute atomic E-state index is 12.7. The zero-order valence-corrected chi connectivity index (χ0v) is 18.6. The fourth-order valence-electron chi connectivity index (χ4n) is 2.69. The predicted octanol–water partition coefficient (Wildman–Crippen LogP) is 3.82. The van der Waals surface area contributed by atoms with Crippen molar-refractivity contribution in [1.29, 1.82) is 0 Å². The molecule has 0 aliphatic carbocycles. The minimum atomic E-state index is -3.75. The molecule has 10 heteroatoms. The molecule has 1 aromatic heterocycles. The number of nitrogens with two attached hydrogens (primary N) is 1. The first-order chi connectivity index (χ1) is 14.1. The first-order valence-corrected chi connectivity index (χ1v) is 11.7. The van der Waals surface area contributed by atoms with E-state index in [0.29, 0.717) is 26.4 Å². The van der Waals surface area contributed by atoms with Crippen LogP contribution in [0.4, 0.5) is 0 Å². The molecule has 2 aromatic carbocycles. The van der Waals surface area contributed by atoms with Gasteiger partial charge in [-0.05, 0) is 55.8 Å². The lowest BCUT2D eigenvalue weighted by molar-refractivity contribution is 0.0943. The summed E-state index contributed by atoms with van der Waals surface area (Å²) in [6, 6.07) is 12.7. The molecule has 0 bridgehead atoms. The normalized spacial score (nSPS) is 12.4. The van der Waals surface area contributed by atoms with E-state index in [4.69, 9.17) is 21.5 Å². The van der Waals surface area contributed by atoms with E-state index in [1.807, 2.05) is 6.92 Å². The summed E-state index contributed by atoms with van der Waals surface area (Å²) in [4.78, 5) is 17.6. The lowest BCUT2D eigenvalue weighted by Crippen LogP contribution is -2.26. The quantitative estimate of drug-likeness (QED) is 0.550. The van der Waals surface area contributed by atoms with Crippen LogP contribution in [0.1, 0.15) is 38.9 Å². The van der Waals surface area contributed by atoms with Crippen molar-refractivity contribution < 1.29 is 17.9 Å². The lowest BCUT2D eigenvalue weighted by atomic mass is 10.1. The van der Waals surface area contributed by atoms with Crippen LogP contribution in [0.5, 0.6) is 5.75 Å². The number of aromatic nitrogens is 1. The zero-order chi connectivity index (χ0) is 21.9. The summed E-state index contributed by atoms with van der Waals surface area (Å²) >= 11 is 7.12. The average molecular weight is 466 g/mol. The van der Waals surface area contributed by atoms with Crippen LogP contribution in [-0.2, 0) is 16.6 Å². The van der Waals surface area contributed by atoms with Gasteiger partial charge >= 0.3 is 0 Å². The molecule has 0 aliphatic rings. The summed E-state index contributed by atoms with van der Waals surface area (Å²) in [6.07, 6.45) is 0. The Kier molecular flexibility index (Phi) is 6.77. The summed E-state index contributed by atoms with van der Waals surface area (Å²) in [5.74, 6) is 0.403. The highest BCUT2D eigenvalue weighted by Gasteiger charge is 2.18. The number of hydrogen-bond acceptors (Lipinski definition) is 6. The van der Waals surface area contributed by atoms with Gasteiger partial charge in [0.05, 0.1) is 16.6 Å². The Morgan fingerprint density at radius 1 is 1.20 bits per heavy atom. The highest BCUT2D eigenvalue weighted by Crippen LogP contribution is 2.23. The Labute approximate surface area is 183 Å². The Balaban J connectivity index is 1.64. The van der Waals surface area contributed by atoms with Crippen molar-refractivity contribution in [3.8, 4) is 5.75 Å². The Morgan fingerprint density at radius 2 is 1.83 bits per heavy atom. The number of nitrogens with one attached hydrogen (secondary N) is 1. The number of amides is 1. The van der Waals surface area contributed by atoms with Gasteiger partial charge in [-0.1, -0.05) is 23.7 Å². The average Bonchev–Trinajstić information content (AvgIpc) is 3.07. The van der Waals surface area contributed by atoms with Crippen molar-refractivity contribution in [3.63, 3.8) is 0 Å². The molecule has 3 aromatic rings. The highest BCUT2D eigenvalue weighted by molar-refractivity contribution is 7.89. The Morgan fingerprint density at radius 3 is 2.43 bits per heavy atom. The number of aryl methyl sites for hydroxylation is 1. The molecule has 3 rings (SSSR count). The van der Waals surface area contributed by atoms with Crippen molar-refractivity contribution in [3.05, 3.63) is 74.7 Å². The maximum atomic E-state index is 12.7. The third-order valence-electron chi connectivity index (χ3n) is 4.28. The van der Waals surface area contributed by atoms with Gasteiger partial charge in [0, 0.05) is 5.02 Å². The zero-order valence-electron chi connectivity index (χ0n) is 16.3. The van der Waals surface area contributed by atoms with Crippen molar-refractivity contribution >= 4 is 38.9 Å². The molecular formula is C20H20ClN3O4S2. The highest BCUT2D eigenvalue weighted by atomic mass is 35.5. The van der Waals surface area contributed by atoms with E-state index in [0.717, 1.165) is 5.56 Å². The third kappa shape index (κ3) is 5.57. The van der Waals surface area contributed by atoms with Gasteiger partial charge in [-0.15, -0.1) is 11.3 Å². The summed E-state index contributed by atoms with van der Waals surface area (Å²) in [5.41, 5.74) is 1.37. The van der Waals surface area contributed by atoms with Crippen molar-refractivity contribution in [1.82, 2.24) is 10.3 Å². The smallest absolute Gasteiger partial charge is 0.263 e.